The molecule has 1 atom stereocenters. The number of nitriles is 1. The monoisotopic (exact) mass is 246 g/mol. The van der Waals surface area contributed by atoms with Crippen LogP contribution in [0.5, 0.6) is 0 Å². The van der Waals surface area contributed by atoms with Crippen molar-refractivity contribution in [2.75, 3.05) is 6.54 Å². The van der Waals surface area contributed by atoms with Crippen molar-refractivity contribution in [3.8, 4) is 6.07 Å². The van der Waals surface area contributed by atoms with Crippen molar-refractivity contribution in [3.05, 3.63) is 35.9 Å². The fourth-order valence-corrected chi connectivity index (χ4v) is 2.67. The first-order chi connectivity index (χ1) is 8.18. The molecule has 0 bridgehead atoms. The lowest BCUT2D eigenvalue weighted by molar-refractivity contribution is 0.324. The van der Waals surface area contributed by atoms with Crippen LogP contribution >= 0.6 is 12.8 Å². The maximum atomic E-state index is 8.83. The molecule has 0 saturated heterocycles. The summed E-state index contributed by atoms with van der Waals surface area (Å²) in [6.07, 6.45) is 2.80. The van der Waals surface area contributed by atoms with E-state index in [9.17, 15) is 0 Å². The van der Waals surface area contributed by atoms with Gasteiger partial charge in [0.15, 0.2) is 0 Å². The predicted molar refractivity (Wildman–Crippen MR) is 72.7 cm³/mol. The molecule has 1 saturated carbocycles. The normalized spacial score (nSPS) is 18.7. The Kier molecular flexibility index (Phi) is 3.76. The lowest BCUT2D eigenvalue weighted by Crippen LogP contribution is -2.32. The van der Waals surface area contributed by atoms with Gasteiger partial charge in [0, 0.05) is 12.1 Å². The molecule has 0 aromatic heterocycles. The molecule has 1 aliphatic rings. The average molecular weight is 246 g/mol. The van der Waals surface area contributed by atoms with Crippen LogP contribution in [-0.2, 0) is 0 Å². The van der Waals surface area contributed by atoms with Crippen molar-refractivity contribution in [2.45, 2.75) is 37.6 Å². The molecule has 17 heavy (non-hydrogen) atoms. The van der Waals surface area contributed by atoms with Crippen LogP contribution in [0.2, 0.25) is 0 Å². The highest BCUT2D eigenvalue weighted by Crippen LogP contribution is 2.46. The molecule has 0 aliphatic heterocycles. The maximum absolute atomic E-state index is 8.83. The van der Waals surface area contributed by atoms with E-state index in [1.165, 1.54) is 5.56 Å². The zero-order valence-corrected chi connectivity index (χ0v) is 11.0. The molecule has 90 valence electrons. The van der Waals surface area contributed by atoms with Crippen molar-refractivity contribution in [1.29, 1.82) is 5.26 Å². The Morgan fingerprint density at radius 3 is 2.59 bits per heavy atom. The van der Waals surface area contributed by atoms with Crippen LogP contribution in [0, 0.1) is 11.3 Å². The SMILES string of the molecule is CC(CN(S)C1(CC#N)CC1)c1ccccc1. The van der Waals surface area contributed by atoms with Crippen LogP contribution in [0.4, 0.5) is 0 Å². The fraction of sp³-hybridized carbons (Fsp3) is 0.500. The van der Waals surface area contributed by atoms with Crippen molar-refractivity contribution >= 4 is 12.8 Å². The first-order valence-electron chi connectivity index (χ1n) is 6.06. The molecule has 0 spiro atoms. The van der Waals surface area contributed by atoms with Gasteiger partial charge in [0.1, 0.15) is 0 Å². The van der Waals surface area contributed by atoms with E-state index in [2.05, 4.69) is 54.4 Å². The highest BCUT2D eigenvalue weighted by molar-refractivity contribution is 7.77. The predicted octanol–water partition coefficient (Wildman–Crippen LogP) is 3.38. The van der Waals surface area contributed by atoms with Crippen molar-refractivity contribution in [1.82, 2.24) is 4.31 Å². The molecule has 1 aliphatic carbocycles. The van der Waals surface area contributed by atoms with E-state index in [4.69, 9.17) is 5.26 Å². The molecule has 1 unspecified atom stereocenters. The van der Waals surface area contributed by atoms with Gasteiger partial charge >= 0.3 is 0 Å². The number of nitrogens with zero attached hydrogens (tertiary/aromatic N) is 2. The largest absolute Gasteiger partial charge is 0.246 e. The molecule has 2 rings (SSSR count). The van der Waals surface area contributed by atoms with Gasteiger partial charge in [-0.25, -0.2) is 4.31 Å². The lowest BCUT2D eigenvalue weighted by atomic mass is 10.0. The number of hydrogen-bond donors (Lipinski definition) is 1. The summed E-state index contributed by atoms with van der Waals surface area (Å²) in [5.74, 6) is 0.449. The van der Waals surface area contributed by atoms with Gasteiger partial charge < -0.3 is 0 Å². The van der Waals surface area contributed by atoms with Gasteiger partial charge in [-0.3, -0.25) is 0 Å². The second-order valence-corrected chi connectivity index (χ2v) is 5.44. The smallest absolute Gasteiger partial charge is 0.0641 e. The molecule has 1 aromatic carbocycles. The Labute approximate surface area is 109 Å². The molecule has 3 heteroatoms. The van der Waals surface area contributed by atoms with E-state index in [0.29, 0.717) is 12.3 Å². The van der Waals surface area contributed by atoms with E-state index in [-0.39, 0.29) is 5.54 Å². The highest BCUT2D eigenvalue weighted by atomic mass is 32.1. The molecular weight excluding hydrogens is 228 g/mol. The molecule has 1 fully saturated rings. The van der Waals surface area contributed by atoms with Gasteiger partial charge in [-0.2, -0.15) is 5.26 Å². The Morgan fingerprint density at radius 2 is 2.06 bits per heavy atom. The first-order valence-corrected chi connectivity index (χ1v) is 6.46. The minimum atomic E-state index is 0.0564. The Bertz CT molecular complexity index is 406. The van der Waals surface area contributed by atoms with Crippen LogP contribution in [0.25, 0.3) is 0 Å². The summed E-state index contributed by atoms with van der Waals surface area (Å²) in [6, 6.07) is 12.7. The third-order valence-electron chi connectivity index (χ3n) is 3.60. The first kappa shape index (κ1) is 12.5. The second-order valence-electron chi connectivity index (χ2n) is 4.95. The zero-order valence-electron chi connectivity index (χ0n) is 10.1. The highest BCUT2D eigenvalue weighted by Gasteiger charge is 2.47. The summed E-state index contributed by atoms with van der Waals surface area (Å²) >= 11 is 4.58. The van der Waals surface area contributed by atoms with E-state index < -0.39 is 0 Å². The van der Waals surface area contributed by atoms with Gasteiger partial charge in [-0.1, -0.05) is 50.1 Å². The minimum absolute atomic E-state index is 0.0564. The number of hydrogen-bond acceptors (Lipinski definition) is 3. The van der Waals surface area contributed by atoms with Crippen LogP contribution in [0.15, 0.2) is 30.3 Å². The molecule has 2 nitrogen and oxygen atoms in total. The molecular formula is C14H18N2S. The molecule has 0 radical (unpaired) electrons. The summed E-state index contributed by atoms with van der Waals surface area (Å²) in [5.41, 5.74) is 1.39. The number of thiol groups is 1. The van der Waals surface area contributed by atoms with Gasteiger partial charge in [0.25, 0.3) is 0 Å². The van der Waals surface area contributed by atoms with Crippen LogP contribution in [0.3, 0.4) is 0 Å². The van der Waals surface area contributed by atoms with Gasteiger partial charge in [-0.15, -0.1) is 0 Å². The van der Waals surface area contributed by atoms with Gasteiger partial charge in [0.2, 0.25) is 0 Å². The van der Waals surface area contributed by atoms with E-state index in [1.807, 2.05) is 6.07 Å². The quantitative estimate of drug-likeness (QED) is 0.806. The molecule has 0 amide bonds. The van der Waals surface area contributed by atoms with Gasteiger partial charge in [0.05, 0.1) is 12.5 Å². The second kappa shape index (κ2) is 5.12. The third kappa shape index (κ3) is 2.83. The third-order valence-corrected chi connectivity index (χ3v) is 4.19. The Hall–Kier alpha value is -0.980. The molecule has 1 aromatic rings. The summed E-state index contributed by atoms with van der Waals surface area (Å²) in [5, 5.41) is 8.83. The maximum Gasteiger partial charge on any atom is 0.0641 e. The van der Waals surface area contributed by atoms with E-state index in [0.717, 1.165) is 19.4 Å². The molecule has 0 N–H and O–H groups in total. The van der Waals surface area contributed by atoms with E-state index in [1.54, 1.807) is 0 Å². The Balaban J connectivity index is 1.96. The summed E-state index contributed by atoms with van der Waals surface area (Å²) in [7, 11) is 0. The average Bonchev–Trinajstić information content (AvgIpc) is 3.12. The summed E-state index contributed by atoms with van der Waals surface area (Å²) in [6.45, 7) is 3.11. The van der Waals surface area contributed by atoms with Crippen LogP contribution < -0.4 is 0 Å². The summed E-state index contributed by atoms with van der Waals surface area (Å²) < 4.78 is 2.08. The standard InChI is InChI=1S/C14H18N2S/c1-12(13-5-3-2-4-6-13)11-16(17)14(7-8-14)9-10-15/h2-6,12,17H,7-9,11H2,1H3. The summed E-state index contributed by atoms with van der Waals surface area (Å²) in [4.78, 5) is 0. The zero-order chi connectivity index (χ0) is 12.3. The Morgan fingerprint density at radius 1 is 1.41 bits per heavy atom. The fourth-order valence-electron chi connectivity index (χ4n) is 2.16. The lowest BCUT2D eigenvalue weighted by Gasteiger charge is -2.27. The number of rotatable bonds is 5. The van der Waals surface area contributed by atoms with Crippen LogP contribution in [-0.4, -0.2) is 16.4 Å². The van der Waals surface area contributed by atoms with Crippen molar-refractivity contribution in [2.24, 2.45) is 0 Å². The molecule has 0 heterocycles. The minimum Gasteiger partial charge on any atom is -0.246 e. The van der Waals surface area contributed by atoms with Gasteiger partial charge in [-0.05, 0) is 24.3 Å². The van der Waals surface area contributed by atoms with Crippen molar-refractivity contribution in [3.63, 3.8) is 0 Å². The topological polar surface area (TPSA) is 27.0 Å². The number of benzene rings is 1. The van der Waals surface area contributed by atoms with Crippen LogP contribution in [0.1, 0.15) is 37.7 Å². The van der Waals surface area contributed by atoms with E-state index >= 15 is 0 Å². The van der Waals surface area contributed by atoms with Crippen molar-refractivity contribution < 1.29 is 0 Å².